The van der Waals surface area contributed by atoms with Gasteiger partial charge < -0.3 is 15.0 Å². The quantitative estimate of drug-likeness (QED) is 0.210. The largest absolute Gasteiger partial charge is 0.483 e. The average Bonchev–Trinajstić information content (AvgIpc) is 3.77. The Morgan fingerprint density at radius 1 is 1.02 bits per heavy atom. The van der Waals surface area contributed by atoms with Gasteiger partial charge >= 0.3 is 4.87 Å². The number of halogens is 2. The number of imide groups is 1. The van der Waals surface area contributed by atoms with E-state index in [0.29, 0.717) is 22.1 Å². The maximum absolute atomic E-state index is 14.0. The monoisotopic (exact) mass is 735 g/mol. The summed E-state index contributed by atoms with van der Waals surface area (Å²) in [6, 6.07) is 20.1. The number of aromatic nitrogens is 1. The molecule has 234 valence electrons. The zero-order chi connectivity index (χ0) is 31.9. The molecular formula is C34H27BrClN3O5S2. The minimum atomic E-state index is -0.438. The lowest BCUT2D eigenvalue weighted by atomic mass is 9.68. The van der Waals surface area contributed by atoms with Gasteiger partial charge in [-0.25, -0.2) is 0 Å². The van der Waals surface area contributed by atoms with Gasteiger partial charge in [0.15, 0.2) is 6.61 Å². The summed E-state index contributed by atoms with van der Waals surface area (Å²) in [6.07, 6.45) is 0.759. The van der Waals surface area contributed by atoms with Crippen LogP contribution in [0.2, 0.25) is 5.02 Å². The number of hydrogen-bond acceptors (Lipinski definition) is 7. The molecule has 3 heterocycles. The number of thiazole rings is 1. The first-order valence-electron chi connectivity index (χ1n) is 15.0. The van der Waals surface area contributed by atoms with Gasteiger partial charge in [-0.1, -0.05) is 56.6 Å². The van der Waals surface area contributed by atoms with Crippen LogP contribution in [0.5, 0.6) is 5.75 Å². The topological polar surface area (TPSA) is 109 Å². The zero-order valence-electron chi connectivity index (χ0n) is 24.4. The van der Waals surface area contributed by atoms with E-state index < -0.39 is 11.8 Å². The lowest BCUT2D eigenvalue weighted by Gasteiger charge is -2.43. The molecule has 46 heavy (non-hydrogen) atoms. The second-order valence-corrected chi connectivity index (χ2v) is 15.9. The molecule has 0 spiro atoms. The predicted molar refractivity (Wildman–Crippen MR) is 182 cm³/mol. The number of aryl methyl sites for hydroxylation is 1. The Labute approximate surface area is 286 Å². The van der Waals surface area contributed by atoms with Crippen LogP contribution in [0.25, 0.3) is 0 Å². The first-order valence-corrected chi connectivity index (χ1v) is 17.9. The molecule has 3 amide bonds. The van der Waals surface area contributed by atoms with E-state index in [1.165, 1.54) is 4.90 Å². The molecule has 0 radical (unpaired) electrons. The highest BCUT2D eigenvalue weighted by atomic mass is 79.9. The van der Waals surface area contributed by atoms with Crippen molar-refractivity contribution in [1.29, 1.82) is 0 Å². The molecule has 4 aromatic rings. The van der Waals surface area contributed by atoms with Gasteiger partial charge in [0.2, 0.25) is 11.8 Å². The van der Waals surface area contributed by atoms with Crippen LogP contribution in [-0.4, -0.2) is 34.6 Å². The number of carbonyl (C=O) groups is 3. The van der Waals surface area contributed by atoms with Gasteiger partial charge in [0.25, 0.3) is 5.91 Å². The van der Waals surface area contributed by atoms with Crippen molar-refractivity contribution < 1.29 is 19.1 Å². The second-order valence-electron chi connectivity index (χ2n) is 12.3. The number of nitrogens with one attached hydrogen (secondary N) is 2. The Kier molecular flexibility index (Phi) is 7.43. The summed E-state index contributed by atoms with van der Waals surface area (Å²) in [4.78, 5) is 58.7. The molecule has 2 N–H and O–H groups in total. The van der Waals surface area contributed by atoms with Crippen LogP contribution in [-0.2, 0) is 14.4 Å². The molecule has 2 saturated carbocycles. The number of aromatic amines is 1. The SMILES string of the molecule is Cc1ccc(NC(=O)COc2ccc(Cl)cc2[C@H]2c3sc(=O)[nH]c3SC3C2[C@H]2C[C@@H]3C3C(=O)N(c4ccc(Br)cc4)C(=O)C32)cc1. The van der Waals surface area contributed by atoms with Crippen LogP contribution in [0.1, 0.15) is 28.3 Å². The molecule has 7 atom stereocenters. The van der Waals surface area contributed by atoms with E-state index >= 15 is 0 Å². The summed E-state index contributed by atoms with van der Waals surface area (Å²) in [6.45, 7) is 1.76. The third-order valence-corrected chi connectivity index (χ3v) is 13.2. The van der Waals surface area contributed by atoms with Crippen molar-refractivity contribution in [2.45, 2.75) is 29.5 Å². The Morgan fingerprint density at radius 2 is 1.74 bits per heavy atom. The van der Waals surface area contributed by atoms with Gasteiger partial charge in [-0.05, 0) is 85.7 Å². The highest BCUT2D eigenvalue weighted by Gasteiger charge is 2.69. The molecule has 3 aromatic carbocycles. The van der Waals surface area contributed by atoms with E-state index in [0.717, 1.165) is 43.3 Å². The van der Waals surface area contributed by atoms with Crippen molar-refractivity contribution in [1.82, 2.24) is 4.98 Å². The number of hydrogen-bond donors (Lipinski definition) is 2. The van der Waals surface area contributed by atoms with Crippen molar-refractivity contribution in [2.75, 3.05) is 16.8 Å². The van der Waals surface area contributed by atoms with Crippen LogP contribution in [0.4, 0.5) is 11.4 Å². The average molecular weight is 737 g/mol. The first kappa shape index (κ1) is 30.0. The Balaban J connectivity index is 1.14. The summed E-state index contributed by atoms with van der Waals surface area (Å²) in [7, 11) is 0. The van der Waals surface area contributed by atoms with Crippen molar-refractivity contribution in [3.8, 4) is 5.75 Å². The second kappa shape index (κ2) is 11.4. The fourth-order valence-corrected chi connectivity index (χ4v) is 11.4. The van der Waals surface area contributed by atoms with Crippen molar-refractivity contribution in [2.24, 2.45) is 29.6 Å². The van der Waals surface area contributed by atoms with Gasteiger partial charge in [0.1, 0.15) is 5.75 Å². The number of rotatable bonds is 6. The molecule has 1 aromatic heterocycles. The lowest BCUT2D eigenvalue weighted by Crippen LogP contribution is -2.42. The van der Waals surface area contributed by atoms with E-state index in [-0.39, 0.29) is 58.1 Å². The van der Waals surface area contributed by atoms with E-state index in [1.54, 1.807) is 36.0 Å². The highest BCUT2D eigenvalue weighted by molar-refractivity contribution is 9.10. The summed E-state index contributed by atoms with van der Waals surface area (Å²) >= 11 is 12.8. The Hall–Kier alpha value is -3.38. The number of amides is 3. The van der Waals surface area contributed by atoms with Crippen molar-refractivity contribution >= 4 is 79.7 Å². The molecule has 8 nitrogen and oxygen atoms in total. The minimum Gasteiger partial charge on any atom is -0.483 e. The van der Waals surface area contributed by atoms with Gasteiger partial charge in [-0.15, -0.1) is 11.8 Å². The smallest absolute Gasteiger partial charge is 0.305 e. The van der Waals surface area contributed by atoms with Crippen LogP contribution < -0.4 is 19.8 Å². The fraction of sp³-hybridized carbons (Fsp3) is 0.294. The summed E-state index contributed by atoms with van der Waals surface area (Å²) in [5.41, 5.74) is 3.12. The maximum Gasteiger partial charge on any atom is 0.305 e. The van der Waals surface area contributed by atoms with Crippen LogP contribution >= 0.6 is 50.6 Å². The van der Waals surface area contributed by atoms with E-state index in [4.69, 9.17) is 16.3 Å². The molecule has 2 bridgehead atoms. The fourth-order valence-electron chi connectivity index (χ4n) is 8.08. The zero-order valence-corrected chi connectivity index (χ0v) is 28.3. The number of H-pyrrole nitrogens is 1. The molecule has 8 rings (SSSR count). The number of carbonyl (C=O) groups excluding carboxylic acids is 3. The van der Waals surface area contributed by atoms with Crippen LogP contribution in [0.3, 0.4) is 0 Å². The van der Waals surface area contributed by atoms with Gasteiger partial charge in [0.05, 0.1) is 22.5 Å². The van der Waals surface area contributed by atoms with E-state index in [1.807, 2.05) is 49.4 Å². The summed E-state index contributed by atoms with van der Waals surface area (Å²) < 4.78 is 7.04. The molecular weight excluding hydrogens is 710 g/mol. The first-order chi connectivity index (χ1) is 22.2. The number of thioether (sulfide) groups is 1. The molecule has 2 aliphatic heterocycles. The molecule has 12 heteroatoms. The number of anilines is 2. The van der Waals surface area contributed by atoms with E-state index in [9.17, 15) is 19.2 Å². The number of nitrogens with zero attached hydrogens (tertiary/aromatic N) is 1. The standard InChI is InChI=1S/C34H27BrClN3O5S2/c1-15-2-7-18(8-3-15)37-24(40)14-44-23-11-6-17(36)12-20(23)25-26-21-13-22(29(26)45-31-30(25)46-34(43)38-31)28-27(21)32(41)39(33(28)42)19-9-4-16(35)5-10-19/h2-12,21-22,25-29H,13-14H2,1H3,(H,37,40)(H,38,43)/t21-,22-,25-,26?,27?,28?,29?/m1/s1. The molecule has 2 aliphatic carbocycles. The van der Waals surface area contributed by atoms with Crippen molar-refractivity contribution in [3.63, 3.8) is 0 Å². The molecule has 1 saturated heterocycles. The predicted octanol–water partition coefficient (Wildman–Crippen LogP) is 6.86. The van der Waals surface area contributed by atoms with Crippen molar-refractivity contribution in [3.05, 3.63) is 102 Å². The Bertz CT molecular complexity index is 1960. The van der Waals surface area contributed by atoms with Gasteiger partial charge in [-0.2, -0.15) is 0 Å². The number of fused-ring (bicyclic) bond motifs is 9. The molecule has 3 fully saturated rings. The minimum absolute atomic E-state index is 0.00675. The normalized spacial score (nSPS) is 27.4. The number of benzene rings is 3. The van der Waals surface area contributed by atoms with Gasteiger partial charge in [-0.3, -0.25) is 24.1 Å². The van der Waals surface area contributed by atoms with Crippen LogP contribution in [0, 0.1) is 36.5 Å². The molecule has 4 aliphatic rings. The third-order valence-electron chi connectivity index (χ3n) is 9.81. The summed E-state index contributed by atoms with van der Waals surface area (Å²) in [5.74, 6) is -1.39. The van der Waals surface area contributed by atoms with Gasteiger partial charge in [0, 0.05) is 36.8 Å². The summed E-state index contributed by atoms with van der Waals surface area (Å²) in [5, 5.41) is 4.16. The maximum atomic E-state index is 14.0. The highest BCUT2D eigenvalue weighted by Crippen LogP contribution is 2.69. The third kappa shape index (κ3) is 4.85. The van der Waals surface area contributed by atoms with E-state index in [2.05, 4.69) is 26.2 Å². The lowest BCUT2D eigenvalue weighted by molar-refractivity contribution is -0.123. The number of ether oxygens (including phenoxy) is 1. The Morgan fingerprint density at radius 3 is 2.48 bits per heavy atom. The van der Waals surface area contributed by atoms with Crippen LogP contribution in [0.15, 0.2) is 81.0 Å². The molecule has 4 unspecified atom stereocenters.